The average Bonchev–Trinajstić information content (AvgIpc) is 2.69. The van der Waals surface area contributed by atoms with Gasteiger partial charge in [0.05, 0.1) is 6.20 Å². The number of carbonyl (C=O) groups excluding carboxylic acids is 1. The Morgan fingerprint density at radius 3 is 2.56 bits per heavy atom. The van der Waals surface area contributed by atoms with Crippen molar-refractivity contribution >= 4 is 11.7 Å². The summed E-state index contributed by atoms with van der Waals surface area (Å²) in [5.41, 5.74) is 0.647. The number of aromatic nitrogens is 1. The Bertz CT molecular complexity index is 729. The van der Waals surface area contributed by atoms with Crippen LogP contribution in [0.25, 0.3) is 0 Å². The van der Waals surface area contributed by atoms with Gasteiger partial charge >= 0.3 is 6.03 Å². The van der Waals surface area contributed by atoms with Crippen molar-refractivity contribution in [3.8, 4) is 11.5 Å². The standard InChI is InChI=1S/C20H26N4O3/c1-24(2)20(9-12-26-13-10-20)15-22-19(25)23-16-5-7-17(8-6-16)27-18-4-3-11-21-14-18/h3-8,11,14H,9-10,12-13,15H2,1-2H3,(H2,22,23,25). The molecule has 1 aliphatic rings. The number of ether oxygens (including phenoxy) is 2. The van der Waals surface area contributed by atoms with Crippen LogP contribution in [0.4, 0.5) is 10.5 Å². The van der Waals surface area contributed by atoms with E-state index >= 15 is 0 Å². The molecule has 2 heterocycles. The molecule has 27 heavy (non-hydrogen) atoms. The van der Waals surface area contributed by atoms with Gasteiger partial charge in [-0.15, -0.1) is 0 Å². The van der Waals surface area contributed by atoms with Crippen LogP contribution < -0.4 is 15.4 Å². The molecule has 3 rings (SSSR count). The minimum atomic E-state index is -0.219. The molecule has 1 fully saturated rings. The molecule has 2 aromatic rings. The maximum absolute atomic E-state index is 12.3. The zero-order chi connectivity index (χ0) is 19.1. The van der Waals surface area contributed by atoms with Gasteiger partial charge < -0.3 is 25.0 Å². The predicted octanol–water partition coefficient (Wildman–Crippen LogP) is 3.11. The molecular weight excluding hydrogens is 344 g/mol. The van der Waals surface area contributed by atoms with Crippen LogP contribution in [-0.4, -0.2) is 55.3 Å². The first-order valence-electron chi connectivity index (χ1n) is 9.05. The number of pyridine rings is 1. The molecular formula is C20H26N4O3. The van der Waals surface area contributed by atoms with E-state index in [2.05, 4.69) is 20.5 Å². The van der Waals surface area contributed by atoms with Gasteiger partial charge in [0.15, 0.2) is 0 Å². The van der Waals surface area contributed by atoms with Crippen LogP contribution in [0.5, 0.6) is 11.5 Å². The minimum Gasteiger partial charge on any atom is -0.456 e. The lowest BCUT2D eigenvalue weighted by molar-refractivity contribution is -0.00553. The van der Waals surface area contributed by atoms with Gasteiger partial charge in [-0.1, -0.05) is 0 Å². The summed E-state index contributed by atoms with van der Waals surface area (Å²) in [4.78, 5) is 18.5. The van der Waals surface area contributed by atoms with Gasteiger partial charge in [-0.2, -0.15) is 0 Å². The Morgan fingerprint density at radius 2 is 1.93 bits per heavy atom. The first kappa shape index (κ1) is 19.1. The van der Waals surface area contributed by atoms with E-state index in [0.717, 1.165) is 26.1 Å². The number of benzene rings is 1. The highest BCUT2D eigenvalue weighted by Gasteiger charge is 2.35. The Morgan fingerprint density at radius 1 is 1.19 bits per heavy atom. The number of hydrogen-bond donors (Lipinski definition) is 2. The molecule has 144 valence electrons. The van der Waals surface area contributed by atoms with Gasteiger partial charge in [0, 0.05) is 37.2 Å². The molecule has 1 aliphatic heterocycles. The molecule has 2 N–H and O–H groups in total. The fourth-order valence-corrected chi connectivity index (χ4v) is 3.10. The van der Waals surface area contributed by atoms with E-state index in [1.165, 1.54) is 0 Å². The minimum absolute atomic E-state index is 0.0585. The molecule has 0 unspecified atom stereocenters. The first-order chi connectivity index (χ1) is 13.1. The number of carbonyl (C=O) groups is 1. The molecule has 0 aliphatic carbocycles. The molecule has 7 nitrogen and oxygen atoms in total. The number of rotatable bonds is 6. The van der Waals surface area contributed by atoms with Crippen molar-refractivity contribution in [2.45, 2.75) is 18.4 Å². The zero-order valence-electron chi connectivity index (χ0n) is 15.8. The number of anilines is 1. The van der Waals surface area contributed by atoms with E-state index in [1.54, 1.807) is 24.5 Å². The van der Waals surface area contributed by atoms with Crippen molar-refractivity contribution in [1.29, 1.82) is 0 Å². The average molecular weight is 370 g/mol. The van der Waals surface area contributed by atoms with Gasteiger partial charge in [-0.25, -0.2) is 4.79 Å². The summed E-state index contributed by atoms with van der Waals surface area (Å²) in [6.07, 6.45) is 5.15. The molecule has 0 atom stereocenters. The molecule has 0 radical (unpaired) electrons. The van der Waals surface area contributed by atoms with Gasteiger partial charge in [0.2, 0.25) is 0 Å². The van der Waals surface area contributed by atoms with Crippen LogP contribution in [0, 0.1) is 0 Å². The summed E-state index contributed by atoms with van der Waals surface area (Å²) in [6.45, 7) is 2.02. The fourth-order valence-electron chi connectivity index (χ4n) is 3.10. The third-order valence-corrected chi connectivity index (χ3v) is 4.93. The lowest BCUT2D eigenvalue weighted by Crippen LogP contribution is -2.56. The smallest absolute Gasteiger partial charge is 0.319 e. The van der Waals surface area contributed by atoms with Crippen molar-refractivity contribution in [1.82, 2.24) is 15.2 Å². The van der Waals surface area contributed by atoms with E-state index in [1.807, 2.05) is 38.4 Å². The van der Waals surface area contributed by atoms with E-state index in [4.69, 9.17) is 9.47 Å². The van der Waals surface area contributed by atoms with Crippen LogP contribution in [0.2, 0.25) is 0 Å². The first-order valence-corrected chi connectivity index (χ1v) is 9.05. The predicted molar refractivity (Wildman–Crippen MR) is 104 cm³/mol. The second-order valence-electron chi connectivity index (χ2n) is 6.85. The lowest BCUT2D eigenvalue weighted by atomic mass is 9.88. The number of amides is 2. The largest absolute Gasteiger partial charge is 0.456 e. The zero-order valence-corrected chi connectivity index (χ0v) is 15.8. The third-order valence-electron chi connectivity index (χ3n) is 4.93. The van der Waals surface area contributed by atoms with Crippen LogP contribution in [0.3, 0.4) is 0 Å². The number of urea groups is 1. The third kappa shape index (κ3) is 5.18. The second-order valence-corrected chi connectivity index (χ2v) is 6.85. The van der Waals surface area contributed by atoms with Crippen LogP contribution in [-0.2, 0) is 4.74 Å². The van der Waals surface area contributed by atoms with E-state index in [0.29, 0.717) is 23.7 Å². The van der Waals surface area contributed by atoms with Crippen molar-refractivity contribution in [2.75, 3.05) is 39.2 Å². The highest BCUT2D eigenvalue weighted by atomic mass is 16.5. The summed E-state index contributed by atoms with van der Waals surface area (Å²) >= 11 is 0. The van der Waals surface area contributed by atoms with E-state index in [-0.39, 0.29) is 11.6 Å². The van der Waals surface area contributed by atoms with Gasteiger partial charge in [0.1, 0.15) is 11.5 Å². The number of likely N-dealkylation sites (N-methyl/N-ethyl adjacent to an activating group) is 1. The maximum atomic E-state index is 12.3. The molecule has 1 saturated heterocycles. The molecule has 0 spiro atoms. The van der Waals surface area contributed by atoms with E-state index < -0.39 is 0 Å². The van der Waals surface area contributed by atoms with Crippen LogP contribution >= 0.6 is 0 Å². The van der Waals surface area contributed by atoms with Crippen LogP contribution in [0.15, 0.2) is 48.8 Å². The molecule has 7 heteroatoms. The summed E-state index contributed by atoms with van der Waals surface area (Å²) in [6, 6.07) is 10.7. The maximum Gasteiger partial charge on any atom is 0.319 e. The van der Waals surface area contributed by atoms with Crippen molar-refractivity contribution in [2.24, 2.45) is 0 Å². The SMILES string of the molecule is CN(C)C1(CNC(=O)Nc2ccc(Oc3cccnc3)cc2)CCOCC1. The normalized spacial score (nSPS) is 16.0. The second kappa shape index (κ2) is 8.83. The molecule has 0 bridgehead atoms. The quantitative estimate of drug-likeness (QED) is 0.817. The van der Waals surface area contributed by atoms with Crippen molar-refractivity contribution in [3.63, 3.8) is 0 Å². The molecule has 2 amide bonds. The highest BCUT2D eigenvalue weighted by Crippen LogP contribution is 2.25. The summed E-state index contributed by atoms with van der Waals surface area (Å²) in [5, 5.41) is 5.85. The van der Waals surface area contributed by atoms with Crippen molar-refractivity contribution < 1.29 is 14.3 Å². The van der Waals surface area contributed by atoms with Gasteiger partial charge in [0.25, 0.3) is 0 Å². The summed E-state index contributed by atoms with van der Waals surface area (Å²) < 4.78 is 11.2. The topological polar surface area (TPSA) is 75.7 Å². The molecule has 0 saturated carbocycles. The number of nitrogens with one attached hydrogen (secondary N) is 2. The van der Waals surface area contributed by atoms with Crippen LogP contribution in [0.1, 0.15) is 12.8 Å². The highest BCUT2D eigenvalue weighted by molar-refractivity contribution is 5.89. The van der Waals surface area contributed by atoms with Gasteiger partial charge in [-0.05, 0) is 63.3 Å². The monoisotopic (exact) mass is 370 g/mol. The molecule has 1 aromatic heterocycles. The Kier molecular flexibility index (Phi) is 6.26. The van der Waals surface area contributed by atoms with Gasteiger partial charge in [-0.3, -0.25) is 4.98 Å². The lowest BCUT2D eigenvalue weighted by Gasteiger charge is -2.42. The molecule has 1 aromatic carbocycles. The Labute approximate surface area is 159 Å². The Balaban J connectivity index is 1.51. The Hall–Kier alpha value is -2.64. The summed E-state index contributed by atoms with van der Waals surface area (Å²) in [7, 11) is 4.10. The summed E-state index contributed by atoms with van der Waals surface area (Å²) in [5.74, 6) is 1.35. The van der Waals surface area contributed by atoms with Crippen molar-refractivity contribution in [3.05, 3.63) is 48.8 Å². The number of hydrogen-bond acceptors (Lipinski definition) is 5. The number of nitrogens with zero attached hydrogens (tertiary/aromatic N) is 2. The fraction of sp³-hybridized carbons (Fsp3) is 0.400. The van der Waals surface area contributed by atoms with E-state index in [9.17, 15) is 4.79 Å².